The highest BCUT2D eigenvalue weighted by Gasteiger charge is 2.34. The Labute approximate surface area is 127 Å². The number of aryl methyl sites for hydroxylation is 1. The zero-order valence-electron chi connectivity index (χ0n) is 13.6. The van der Waals surface area contributed by atoms with Crippen molar-refractivity contribution in [2.75, 3.05) is 13.1 Å². The van der Waals surface area contributed by atoms with Crippen LogP contribution in [0.15, 0.2) is 24.3 Å². The molecule has 0 bridgehead atoms. The fourth-order valence-electron chi connectivity index (χ4n) is 2.36. The van der Waals surface area contributed by atoms with Crippen molar-refractivity contribution in [3.63, 3.8) is 0 Å². The summed E-state index contributed by atoms with van der Waals surface area (Å²) in [6, 6.07) is 9.18. The van der Waals surface area contributed by atoms with Crippen molar-refractivity contribution in [1.29, 1.82) is 0 Å². The van der Waals surface area contributed by atoms with Crippen LogP contribution in [0, 0.1) is 6.92 Å². The molecular formula is C17H26N2O2. The Kier molecular flexibility index (Phi) is 4.57. The van der Waals surface area contributed by atoms with Crippen LogP contribution in [0.5, 0.6) is 0 Å². The average Bonchev–Trinajstić information content (AvgIpc) is 2.31. The monoisotopic (exact) mass is 290 g/mol. The predicted molar refractivity (Wildman–Crippen MR) is 84.3 cm³/mol. The van der Waals surface area contributed by atoms with Crippen LogP contribution in [-0.4, -0.2) is 35.7 Å². The van der Waals surface area contributed by atoms with Crippen molar-refractivity contribution in [3.8, 4) is 0 Å². The van der Waals surface area contributed by atoms with E-state index in [0.717, 1.165) is 0 Å². The van der Waals surface area contributed by atoms with Gasteiger partial charge in [-0.3, -0.25) is 0 Å². The van der Waals surface area contributed by atoms with Gasteiger partial charge < -0.3 is 15.0 Å². The summed E-state index contributed by atoms with van der Waals surface area (Å²) >= 11 is 0. The lowest BCUT2D eigenvalue weighted by Gasteiger charge is -2.41. The van der Waals surface area contributed by atoms with Gasteiger partial charge in [-0.25, -0.2) is 4.79 Å². The van der Waals surface area contributed by atoms with Crippen molar-refractivity contribution in [2.24, 2.45) is 0 Å². The molecule has 1 unspecified atom stereocenters. The number of amides is 1. The molecule has 21 heavy (non-hydrogen) atoms. The van der Waals surface area contributed by atoms with Gasteiger partial charge >= 0.3 is 6.09 Å². The zero-order chi connectivity index (χ0) is 15.6. The summed E-state index contributed by atoms with van der Waals surface area (Å²) in [5.41, 5.74) is 2.12. The maximum Gasteiger partial charge on any atom is 0.410 e. The number of rotatable bonds is 3. The molecule has 1 aliphatic heterocycles. The number of carbonyl (C=O) groups excluding carboxylic acids is 1. The van der Waals surface area contributed by atoms with Crippen LogP contribution < -0.4 is 5.32 Å². The van der Waals surface area contributed by atoms with Crippen molar-refractivity contribution in [3.05, 3.63) is 35.4 Å². The van der Waals surface area contributed by atoms with Gasteiger partial charge in [0.25, 0.3) is 0 Å². The summed E-state index contributed by atoms with van der Waals surface area (Å²) < 4.78 is 5.35. The molecule has 1 saturated heterocycles. The summed E-state index contributed by atoms with van der Waals surface area (Å²) in [6.07, 6.45) is -0.219. The predicted octanol–water partition coefficient (Wildman–Crippen LogP) is 3.26. The minimum absolute atomic E-state index is 0.219. The summed E-state index contributed by atoms with van der Waals surface area (Å²) in [7, 11) is 0. The van der Waals surface area contributed by atoms with Gasteiger partial charge in [0.05, 0.1) is 0 Å². The lowest BCUT2D eigenvalue weighted by molar-refractivity contribution is 0.00434. The molecule has 1 heterocycles. The third-order valence-electron chi connectivity index (χ3n) is 3.60. The van der Waals surface area contributed by atoms with Crippen LogP contribution in [0.4, 0.5) is 4.79 Å². The second-order valence-corrected chi connectivity index (χ2v) is 6.88. The van der Waals surface area contributed by atoms with Crippen molar-refractivity contribution >= 4 is 6.09 Å². The Morgan fingerprint density at radius 1 is 1.29 bits per heavy atom. The third kappa shape index (κ3) is 4.46. The van der Waals surface area contributed by atoms with Crippen LogP contribution >= 0.6 is 0 Å². The molecule has 1 atom stereocenters. The van der Waals surface area contributed by atoms with E-state index in [1.54, 1.807) is 4.90 Å². The van der Waals surface area contributed by atoms with Crippen LogP contribution in [0.1, 0.15) is 44.9 Å². The largest absolute Gasteiger partial charge is 0.444 e. The second kappa shape index (κ2) is 6.06. The molecule has 0 spiro atoms. The highest BCUT2D eigenvalue weighted by molar-refractivity contribution is 5.69. The molecule has 1 aromatic carbocycles. The third-order valence-corrected chi connectivity index (χ3v) is 3.60. The minimum Gasteiger partial charge on any atom is -0.444 e. The average molecular weight is 290 g/mol. The van der Waals surface area contributed by atoms with Gasteiger partial charge in [0.1, 0.15) is 5.60 Å². The van der Waals surface area contributed by atoms with Crippen LogP contribution in [-0.2, 0) is 4.74 Å². The first-order valence-electron chi connectivity index (χ1n) is 7.55. The normalized spacial score (nSPS) is 17.3. The molecule has 4 nitrogen and oxygen atoms in total. The Morgan fingerprint density at radius 2 is 1.86 bits per heavy atom. The Morgan fingerprint density at radius 3 is 2.38 bits per heavy atom. The molecule has 0 radical (unpaired) electrons. The van der Waals surface area contributed by atoms with Gasteiger partial charge in [-0.05, 0) is 40.2 Å². The standard InChI is InChI=1S/C17H26N2O2/c1-12-6-8-14(9-7-12)13(2)18-15-10-19(11-15)16(20)21-17(3,4)5/h6-9,13,15,18H,10-11H2,1-5H3. The summed E-state index contributed by atoms with van der Waals surface area (Å²) in [5, 5.41) is 3.55. The number of benzene rings is 1. The molecule has 0 aromatic heterocycles. The van der Waals surface area contributed by atoms with Crippen LogP contribution in [0.25, 0.3) is 0 Å². The second-order valence-electron chi connectivity index (χ2n) is 6.88. The van der Waals surface area contributed by atoms with E-state index in [0.29, 0.717) is 19.1 Å². The highest BCUT2D eigenvalue weighted by atomic mass is 16.6. The van der Waals surface area contributed by atoms with Gasteiger partial charge in [0.2, 0.25) is 0 Å². The molecule has 1 amide bonds. The molecule has 0 aliphatic carbocycles. The number of nitrogens with one attached hydrogen (secondary N) is 1. The van der Waals surface area contributed by atoms with E-state index >= 15 is 0 Å². The van der Waals surface area contributed by atoms with E-state index in [2.05, 4.69) is 43.4 Å². The Hall–Kier alpha value is -1.55. The number of hydrogen-bond donors (Lipinski definition) is 1. The van der Waals surface area contributed by atoms with Gasteiger partial charge in [0, 0.05) is 25.2 Å². The fraction of sp³-hybridized carbons (Fsp3) is 0.588. The first-order chi connectivity index (χ1) is 9.74. The van der Waals surface area contributed by atoms with Crippen LogP contribution in [0.3, 0.4) is 0 Å². The van der Waals surface area contributed by atoms with Gasteiger partial charge in [-0.2, -0.15) is 0 Å². The number of hydrogen-bond acceptors (Lipinski definition) is 3. The highest BCUT2D eigenvalue weighted by Crippen LogP contribution is 2.19. The number of nitrogens with zero attached hydrogens (tertiary/aromatic N) is 1. The lowest BCUT2D eigenvalue weighted by atomic mass is 10.0. The number of likely N-dealkylation sites (tertiary alicyclic amines) is 1. The summed E-state index contributed by atoms with van der Waals surface area (Å²) in [6.45, 7) is 11.3. The molecule has 116 valence electrons. The van der Waals surface area contributed by atoms with E-state index in [1.165, 1.54) is 11.1 Å². The maximum atomic E-state index is 11.9. The minimum atomic E-state index is -0.426. The number of ether oxygens (including phenoxy) is 1. The zero-order valence-corrected chi connectivity index (χ0v) is 13.6. The smallest absolute Gasteiger partial charge is 0.410 e. The van der Waals surface area contributed by atoms with E-state index in [-0.39, 0.29) is 12.1 Å². The van der Waals surface area contributed by atoms with E-state index in [9.17, 15) is 4.79 Å². The molecule has 1 aromatic rings. The topological polar surface area (TPSA) is 41.6 Å². The van der Waals surface area contributed by atoms with Gasteiger partial charge in [0.15, 0.2) is 0 Å². The van der Waals surface area contributed by atoms with Gasteiger partial charge in [-0.15, -0.1) is 0 Å². The summed E-state index contributed by atoms with van der Waals surface area (Å²) in [4.78, 5) is 13.6. The molecule has 4 heteroatoms. The molecule has 1 aliphatic rings. The first-order valence-corrected chi connectivity index (χ1v) is 7.55. The van der Waals surface area contributed by atoms with Crippen molar-refractivity contribution in [2.45, 2.75) is 52.3 Å². The molecule has 2 rings (SSSR count). The molecule has 1 N–H and O–H groups in total. The molecule has 1 fully saturated rings. The van der Waals surface area contributed by atoms with Crippen LogP contribution in [0.2, 0.25) is 0 Å². The SMILES string of the molecule is Cc1ccc(C(C)NC2CN(C(=O)OC(C)(C)C)C2)cc1. The lowest BCUT2D eigenvalue weighted by Crippen LogP contribution is -2.60. The van der Waals surface area contributed by atoms with Crippen molar-refractivity contribution < 1.29 is 9.53 Å². The quantitative estimate of drug-likeness (QED) is 0.929. The van der Waals surface area contributed by atoms with Crippen molar-refractivity contribution in [1.82, 2.24) is 10.2 Å². The Bertz CT molecular complexity index is 485. The van der Waals surface area contributed by atoms with E-state index in [1.807, 2.05) is 20.8 Å². The van der Waals surface area contributed by atoms with E-state index in [4.69, 9.17) is 4.74 Å². The molecular weight excluding hydrogens is 264 g/mol. The number of carbonyl (C=O) groups is 1. The first kappa shape index (κ1) is 15.8. The van der Waals surface area contributed by atoms with E-state index < -0.39 is 5.60 Å². The molecule has 0 saturated carbocycles. The summed E-state index contributed by atoms with van der Waals surface area (Å²) in [5.74, 6) is 0. The van der Waals surface area contributed by atoms with Gasteiger partial charge in [-0.1, -0.05) is 29.8 Å². The maximum absolute atomic E-state index is 11.9. The Balaban J connectivity index is 1.77. The fourth-order valence-corrected chi connectivity index (χ4v) is 2.36.